The highest BCUT2D eigenvalue weighted by molar-refractivity contribution is 5.94. The molecule has 0 radical (unpaired) electrons. The number of rotatable bonds is 3. The van der Waals surface area contributed by atoms with Crippen LogP contribution in [0.15, 0.2) is 36.5 Å². The number of benzene rings is 1. The molecule has 2 atom stereocenters. The van der Waals surface area contributed by atoms with Crippen LogP contribution in [0.4, 0.5) is 10.6 Å². The van der Waals surface area contributed by atoms with E-state index in [1.54, 1.807) is 15.6 Å². The Morgan fingerprint density at radius 2 is 2.03 bits per heavy atom. The van der Waals surface area contributed by atoms with Gasteiger partial charge in [-0.1, -0.05) is 18.2 Å². The lowest BCUT2D eigenvalue weighted by atomic mass is 10.1. The number of ether oxygens (including phenoxy) is 2. The molecule has 1 N–H and O–H groups in total. The second-order valence-electron chi connectivity index (χ2n) is 8.46. The molecule has 8 nitrogen and oxygen atoms in total. The molecule has 1 fully saturated rings. The van der Waals surface area contributed by atoms with Gasteiger partial charge >= 0.3 is 6.09 Å². The largest absolute Gasteiger partial charge is 0.480 e. The van der Waals surface area contributed by atoms with E-state index < -0.39 is 11.7 Å². The van der Waals surface area contributed by atoms with Crippen molar-refractivity contribution in [1.82, 2.24) is 14.7 Å². The molecule has 2 amide bonds. The SMILES string of the molecule is CC(C)(C)OC(=O)N1CC[C@@H](n2ccc(NC(=O)[C@@H]3Cc4ccccc4O3)n2)C1. The van der Waals surface area contributed by atoms with Gasteiger partial charge in [-0.3, -0.25) is 9.48 Å². The third kappa shape index (κ3) is 4.36. The first-order valence-corrected chi connectivity index (χ1v) is 9.87. The van der Waals surface area contributed by atoms with Crippen molar-refractivity contribution in [3.63, 3.8) is 0 Å². The Morgan fingerprint density at radius 1 is 1.24 bits per heavy atom. The Bertz CT molecular complexity index is 892. The fourth-order valence-corrected chi connectivity index (χ4v) is 3.59. The summed E-state index contributed by atoms with van der Waals surface area (Å²) >= 11 is 0. The van der Waals surface area contributed by atoms with Crippen LogP contribution >= 0.6 is 0 Å². The zero-order valence-electron chi connectivity index (χ0n) is 16.9. The second kappa shape index (κ2) is 7.42. The number of carbonyl (C=O) groups is 2. The highest BCUT2D eigenvalue weighted by Gasteiger charge is 2.32. The average molecular weight is 398 g/mol. The van der Waals surface area contributed by atoms with Crippen LogP contribution < -0.4 is 10.1 Å². The molecule has 8 heteroatoms. The van der Waals surface area contributed by atoms with E-state index in [-0.39, 0.29) is 18.0 Å². The van der Waals surface area contributed by atoms with E-state index in [0.29, 0.717) is 25.3 Å². The van der Waals surface area contributed by atoms with Crippen LogP contribution in [-0.2, 0) is 16.0 Å². The molecule has 0 unspecified atom stereocenters. The van der Waals surface area contributed by atoms with Crippen LogP contribution in [0.2, 0.25) is 0 Å². The number of fused-ring (bicyclic) bond motifs is 1. The van der Waals surface area contributed by atoms with Crippen molar-refractivity contribution in [3.8, 4) is 5.75 Å². The van der Waals surface area contributed by atoms with Crippen LogP contribution in [0, 0.1) is 0 Å². The van der Waals surface area contributed by atoms with Gasteiger partial charge in [-0.05, 0) is 38.8 Å². The van der Waals surface area contributed by atoms with Gasteiger partial charge in [-0.15, -0.1) is 0 Å². The quantitative estimate of drug-likeness (QED) is 0.859. The monoisotopic (exact) mass is 398 g/mol. The summed E-state index contributed by atoms with van der Waals surface area (Å²) in [5, 5.41) is 7.30. The molecule has 1 aromatic carbocycles. The van der Waals surface area contributed by atoms with Crippen molar-refractivity contribution in [2.24, 2.45) is 0 Å². The molecule has 154 valence electrons. The Balaban J connectivity index is 1.32. The van der Waals surface area contributed by atoms with Crippen molar-refractivity contribution in [2.75, 3.05) is 18.4 Å². The number of carbonyl (C=O) groups excluding carboxylic acids is 2. The number of hydrogen-bond donors (Lipinski definition) is 1. The number of anilines is 1. The molecule has 2 aliphatic rings. The molecular weight excluding hydrogens is 372 g/mol. The van der Waals surface area contributed by atoms with E-state index in [1.807, 2.05) is 51.2 Å². The van der Waals surface area contributed by atoms with Gasteiger partial charge in [0.25, 0.3) is 5.91 Å². The van der Waals surface area contributed by atoms with Crippen molar-refractivity contribution in [1.29, 1.82) is 0 Å². The fourth-order valence-electron chi connectivity index (χ4n) is 3.59. The predicted molar refractivity (Wildman–Crippen MR) is 107 cm³/mol. The molecule has 1 saturated heterocycles. The Hall–Kier alpha value is -3.03. The van der Waals surface area contributed by atoms with E-state index in [2.05, 4.69) is 10.4 Å². The molecule has 4 rings (SSSR count). The first kappa shape index (κ1) is 19.3. The zero-order chi connectivity index (χ0) is 20.6. The molecule has 2 aliphatic heterocycles. The predicted octanol–water partition coefficient (Wildman–Crippen LogP) is 3.01. The van der Waals surface area contributed by atoms with Crippen LogP contribution in [0.1, 0.15) is 38.8 Å². The van der Waals surface area contributed by atoms with E-state index in [1.165, 1.54) is 0 Å². The zero-order valence-corrected chi connectivity index (χ0v) is 16.9. The summed E-state index contributed by atoms with van der Waals surface area (Å²) in [4.78, 5) is 26.5. The fraction of sp³-hybridized carbons (Fsp3) is 0.476. The van der Waals surface area contributed by atoms with E-state index in [4.69, 9.17) is 9.47 Å². The van der Waals surface area contributed by atoms with Gasteiger partial charge in [0, 0.05) is 31.8 Å². The molecule has 0 saturated carbocycles. The summed E-state index contributed by atoms with van der Waals surface area (Å²) in [6.07, 6.45) is 2.31. The number of nitrogens with one attached hydrogen (secondary N) is 1. The number of likely N-dealkylation sites (tertiary alicyclic amines) is 1. The Morgan fingerprint density at radius 3 is 2.79 bits per heavy atom. The Kier molecular flexibility index (Phi) is 4.94. The molecule has 0 aliphatic carbocycles. The first-order chi connectivity index (χ1) is 13.8. The minimum absolute atomic E-state index is 0.0557. The van der Waals surface area contributed by atoms with Gasteiger partial charge in [0.05, 0.1) is 6.04 Å². The van der Waals surface area contributed by atoms with Gasteiger partial charge in [0.2, 0.25) is 0 Å². The molecule has 1 aromatic heterocycles. The lowest BCUT2D eigenvalue weighted by Gasteiger charge is -2.24. The van der Waals surface area contributed by atoms with E-state index in [9.17, 15) is 9.59 Å². The second-order valence-corrected chi connectivity index (χ2v) is 8.46. The number of amides is 2. The molecular formula is C21H26N4O4. The van der Waals surface area contributed by atoms with Crippen molar-refractivity contribution in [2.45, 2.75) is 51.4 Å². The minimum atomic E-state index is -0.549. The lowest BCUT2D eigenvalue weighted by molar-refractivity contribution is -0.122. The van der Waals surface area contributed by atoms with Crippen LogP contribution in [0.5, 0.6) is 5.75 Å². The van der Waals surface area contributed by atoms with Crippen molar-refractivity contribution < 1.29 is 19.1 Å². The summed E-state index contributed by atoms with van der Waals surface area (Å²) in [7, 11) is 0. The molecule has 29 heavy (non-hydrogen) atoms. The number of aromatic nitrogens is 2. The van der Waals surface area contributed by atoms with Crippen molar-refractivity contribution >= 4 is 17.8 Å². The van der Waals surface area contributed by atoms with Crippen LogP contribution in [-0.4, -0.2) is 51.5 Å². The minimum Gasteiger partial charge on any atom is -0.480 e. The Labute approximate surface area is 169 Å². The normalized spacial score (nSPS) is 20.9. The third-order valence-corrected chi connectivity index (χ3v) is 4.99. The third-order valence-electron chi connectivity index (χ3n) is 4.99. The summed E-state index contributed by atoms with van der Waals surface area (Å²) in [5.41, 5.74) is 0.520. The summed E-state index contributed by atoms with van der Waals surface area (Å²) in [6.45, 7) is 6.72. The standard InChI is InChI=1S/C21H26N4O4/c1-21(2,3)29-20(27)24-10-8-15(13-24)25-11-9-18(23-25)22-19(26)17-12-14-6-4-5-7-16(14)28-17/h4-7,9,11,15,17H,8,10,12-13H2,1-3H3,(H,22,23,26)/t15-,17+/m1/s1. The average Bonchev–Trinajstić information content (AvgIpc) is 3.38. The maximum atomic E-state index is 12.5. The molecule has 0 bridgehead atoms. The van der Waals surface area contributed by atoms with Gasteiger partial charge < -0.3 is 19.7 Å². The van der Waals surface area contributed by atoms with Gasteiger partial charge in [0.1, 0.15) is 11.4 Å². The van der Waals surface area contributed by atoms with Gasteiger partial charge in [-0.2, -0.15) is 5.10 Å². The number of hydrogen-bond acceptors (Lipinski definition) is 5. The smallest absolute Gasteiger partial charge is 0.410 e. The summed E-state index contributed by atoms with van der Waals surface area (Å²) in [5.74, 6) is 1.02. The number of nitrogens with zero attached hydrogens (tertiary/aromatic N) is 3. The maximum absolute atomic E-state index is 12.5. The summed E-state index contributed by atoms with van der Waals surface area (Å²) in [6, 6.07) is 9.48. The highest BCUT2D eigenvalue weighted by Crippen LogP contribution is 2.29. The first-order valence-electron chi connectivity index (χ1n) is 9.87. The highest BCUT2D eigenvalue weighted by atomic mass is 16.6. The maximum Gasteiger partial charge on any atom is 0.410 e. The van der Waals surface area contributed by atoms with Gasteiger partial charge in [-0.25, -0.2) is 4.79 Å². The molecule has 3 heterocycles. The lowest BCUT2D eigenvalue weighted by Crippen LogP contribution is -2.35. The van der Waals surface area contributed by atoms with Crippen LogP contribution in [0.25, 0.3) is 0 Å². The van der Waals surface area contributed by atoms with E-state index in [0.717, 1.165) is 17.7 Å². The molecule has 2 aromatic rings. The van der Waals surface area contributed by atoms with Gasteiger partial charge in [0.15, 0.2) is 11.9 Å². The molecule has 0 spiro atoms. The van der Waals surface area contributed by atoms with Crippen molar-refractivity contribution in [3.05, 3.63) is 42.1 Å². The van der Waals surface area contributed by atoms with E-state index >= 15 is 0 Å². The summed E-state index contributed by atoms with van der Waals surface area (Å²) < 4.78 is 13.0. The topological polar surface area (TPSA) is 85.7 Å². The van der Waals surface area contributed by atoms with Crippen LogP contribution in [0.3, 0.4) is 0 Å². The number of para-hydroxylation sites is 1.